The molecule has 0 radical (unpaired) electrons. The molecule has 4 aromatic rings. The van der Waals surface area contributed by atoms with E-state index in [9.17, 15) is 25.9 Å². The first kappa shape index (κ1) is 34.0. The van der Waals surface area contributed by atoms with Crippen molar-refractivity contribution in [3.63, 3.8) is 0 Å². The smallest absolute Gasteiger partial charge is 0.320 e. The van der Waals surface area contributed by atoms with E-state index in [1.54, 1.807) is 30.6 Å². The van der Waals surface area contributed by atoms with Gasteiger partial charge in [-0.15, -0.1) is 0 Å². The molecule has 4 heterocycles. The van der Waals surface area contributed by atoms with Crippen LogP contribution in [0.1, 0.15) is 31.2 Å². The lowest BCUT2D eigenvalue weighted by Crippen LogP contribution is -2.66. The topological polar surface area (TPSA) is 128 Å². The molecule has 9 nitrogen and oxygen atoms in total. The second-order valence-corrected chi connectivity index (χ2v) is 16.6. The Balaban J connectivity index is 0.000000598. The molecule has 2 unspecified atom stereocenters. The number of allylic oxidation sites excluding steroid dienone is 2. The summed E-state index contributed by atoms with van der Waals surface area (Å²) >= 11 is 15.5. The van der Waals surface area contributed by atoms with Crippen molar-refractivity contribution in [2.45, 2.75) is 43.0 Å². The SMILES string of the molecule is CCC(=Cc1sc2ccc(Cl)cc2[n+]1CCCS(=O)(=O)[O-])C=C1Sc2ccc(Cl)cc2[N+]12CCC2S(=O)(=O)O.c1ccncc1. The molecule has 15 heteroatoms. The van der Waals surface area contributed by atoms with Gasteiger partial charge in [-0.05, 0) is 60.2 Å². The number of pyridine rings is 1. The molecule has 1 N–H and O–H groups in total. The van der Waals surface area contributed by atoms with Gasteiger partial charge < -0.3 is 4.55 Å². The van der Waals surface area contributed by atoms with Gasteiger partial charge in [0.15, 0.2) is 17.3 Å². The summed E-state index contributed by atoms with van der Waals surface area (Å²) in [4.78, 5) is 4.67. The van der Waals surface area contributed by atoms with E-state index in [4.69, 9.17) is 23.2 Å². The second kappa shape index (κ2) is 13.8. The first-order valence-corrected chi connectivity index (χ1v) is 19.4. The minimum Gasteiger partial charge on any atom is -0.748 e. The van der Waals surface area contributed by atoms with E-state index in [0.717, 1.165) is 36.4 Å². The van der Waals surface area contributed by atoms with Crippen molar-refractivity contribution in [2.75, 3.05) is 12.3 Å². The van der Waals surface area contributed by atoms with E-state index < -0.39 is 31.4 Å². The Bertz CT molecular complexity index is 1970. The monoisotopic (exact) mass is 726 g/mol. The number of aryl methyl sites for hydroxylation is 1. The molecule has 0 amide bonds. The van der Waals surface area contributed by atoms with Crippen molar-refractivity contribution in [3.8, 4) is 0 Å². The number of hydrogen-bond donors (Lipinski definition) is 1. The molecular formula is C30H30Cl2N3O6S4+. The van der Waals surface area contributed by atoms with Crippen LogP contribution in [0.25, 0.3) is 16.3 Å². The summed E-state index contributed by atoms with van der Waals surface area (Å²) in [5.41, 5.74) is 2.51. The van der Waals surface area contributed by atoms with Gasteiger partial charge in [-0.25, -0.2) is 12.9 Å². The number of benzene rings is 2. The van der Waals surface area contributed by atoms with Crippen molar-refractivity contribution in [1.29, 1.82) is 0 Å². The third kappa shape index (κ3) is 7.64. The number of thioether (sulfide) groups is 1. The number of rotatable bonds is 8. The van der Waals surface area contributed by atoms with Gasteiger partial charge in [-0.3, -0.25) is 9.54 Å². The highest BCUT2D eigenvalue weighted by molar-refractivity contribution is 8.03. The third-order valence-corrected chi connectivity index (χ3v) is 12.5. The first-order valence-electron chi connectivity index (χ1n) is 14.0. The zero-order valence-electron chi connectivity index (χ0n) is 24.0. The molecular weight excluding hydrogens is 698 g/mol. The van der Waals surface area contributed by atoms with E-state index >= 15 is 0 Å². The minimum absolute atomic E-state index is 0.000116. The van der Waals surface area contributed by atoms with Crippen LogP contribution in [-0.2, 0) is 26.8 Å². The predicted molar refractivity (Wildman–Crippen MR) is 181 cm³/mol. The van der Waals surface area contributed by atoms with Crippen LogP contribution in [0.3, 0.4) is 0 Å². The van der Waals surface area contributed by atoms with Crippen LogP contribution in [0.15, 0.2) is 88.6 Å². The van der Waals surface area contributed by atoms with Gasteiger partial charge in [0.2, 0.25) is 10.9 Å². The summed E-state index contributed by atoms with van der Waals surface area (Å²) in [6.07, 6.45) is 8.57. The van der Waals surface area contributed by atoms with Crippen molar-refractivity contribution >= 4 is 88.5 Å². The fraction of sp³-hybridized carbons (Fsp3) is 0.267. The Morgan fingerprint density at radius 1 is 1.11 bits per heavy atom. The molecule has 0 aliphatic carbocycles. The normalized spacial score (nSPS) is 20.6. The van der Waals surface area contributed by atoms with Gasteiger partial charge in [0, 0.05) is 58.9 Å². The molecule has 1 spiro atoms. The van der Waals surface area contributed by atoms with Crippen molar-refractivity contribution < 1.29 is 30.5 Å². The molecule has 238 valence electrons. The maximum atomic E-state index is 12.4. The van der Waals surface area contributed by atoms with Gasteiger partial charge in [-0.2, -0.15) is 13.0 Å². The number of halogens is 2. The number of nitrogens with zero attached hydrogens (tertiary/aromatic N) is 3. The molecule has 1 saturated heterocycles. The number of quaternary nitrogens is 1. The fourth-order valence-electron chi connectivity index (χ4n) is 5.43. The molecule has 0 saturated carbocycles. The Kier molecular flexibility index (Phi) is 10.4. The number of hydrogen-bond acceptors (Lipinski definition) is 8. The third-order valence-electron chi connectivity index (χ3n) is 7.58. The van der Waals surface area contributed by atoms with Crippen LogP contribution in [0, 0.1) is 0 Å². The predicted octanol–water partition coefficient (Wildman–Crippen LogP) is 6.88. The largest absolute Gasteiger partial charge is 0.748 e. The summed E-state index contributed by atoms with van der Waals surface area (Å²) in [7, 11) is -8.68. The summed E-state index contributed by atoms with van der Waals surface area (Å²) in [6, 6.07) is 16.6. The van der Waals surface area contributed by atoms with Crippen molar-refractivity contribution in [3.05, 3.63) is 98.7 Å². The number of aromatic nitrogens is 2. The standard InChI is InChI=1S/C25H24Cl2N2O6S4.C5H5N/c1-2-16(12-23-28(9-3-11-38(30,31)32)19-14-17(26)4-6-21(19)36-23)13-24-29(10-8-25(29)39(33,34)35)20-15-18(27)5-7-22(20)37-24;1-2-4-6-5-3-1/h4-7,12-15,25H,2-3,8-11H2,1H3;1-5H/p+1. The van der Waals surface area contributed by atoms with Gasteiger partial charge in [0.25, 0.3) is 5.01 Å². The zero-order chi connectivity index (χ0) is 32.4. The summed E-state index contributed by atoms with van der Waals surface area (Å²) in [5.74, 6) is -0.472. The lowest BCUT2D eigenvalue weighted by molar-refractivity contribution is -0.668. The Morgan fingerprint density at radius 3 is 2.40 bits per heavy atom. The lowest BCUT2D eigenvalue weighted by Gasteiger charge is -2.47. The molecule has 2 atom stereocenters. The number of thiazole rings is 1. The Morgan fingerprint density at radius 2 is 1.82 bits per heavy atom. The van der Waals surface area contributed by atoms with Crippen LogP contribution in [0.5, 0.6) is 0 Å². The Labute approximate surface area is 280 Å². The molecule has 45 heavy (non-hydrogen) atoms. The maximum absolute atomic E-state index is 12.4. The molecule has 6 rings (SSSR count). The van der Waals surface area contributed by atoms with E-state index in [1.807, 2.05) is 60.0 Å². The maximum Gasteiger partial charge on any atom is 0.320 e. The summed E-state index contributed by atoms with van der Waals surface area (Å²) < 4.78 is 71.4. The average molecular weight is 728 g/mol. The van der Waals surface area contributed by atoms with Gasteiger partial charge in [0.1, 0.15) is 4.70 Å². The quantitative estimate of drug-likeness (QED) is 0.118. The second-order valence-electron chi connectivity index (χ2n) is 10.5. The summed E-state index contributed by atoms with van der Waals surface area (Å²) in [6.45, 7) is 2.81. The molecule has 1 fully saturated rings. The Hall–Kier alpha value is -2.33. The van der Waals surface area contributed by atoms with Crippen LogP contribution >= 0.6 is 46.3 Å². The van der Waals surface area contributed by atoms with E-state index in [2.05, 4.69) is 4.98 Å². The van der Waals surface area contributed by atoms with Gasteiger partial charge in [-0.1, -0.05) is 47.5 Å². The van der Waals surface area contributed by atoms with Crippen LogP contribution < -0.4 is 9.05 Å². The highest BCUT2D eigenvalue weighted by Gasteiger charge is 2.61. The fourth-order valence-corrected chi connectivity index (χ4v) is 10.0. The highest BCUT2D eigenvalue weighted by Crippen LogP contribution is 2.58. The highest BCUT2D eigenvalue weighted by atomic mass is 35.5. The van der Waals surface area contributed by atoms with E-state index in [-0.39, 0.29) is 10.9 Å². The van der Waals surface area contributed by atoms with E-state index in [0.29, 0.717) is 36.0 Å². The van der Waals surface area contributed by atoms with Crippen LogP contribution in [0.4, 0.5) is 5.69 Å². The first-order chi connectivity index (χ1) is 21.3. The minimum atomic E-state index is -4.35. The van der Waals surface area contributed by atoms with Crippen LogP contribution in [0.2, 0.25) is 10.0 Å². The lowest BCUT2D eigenvalue weighted by atomic mass is 10.1. The van der Waals surface area contributed by atoms with Crippen molar-refractivity contribution in [1.82, 2.24) is 9.47 Å². The molecule has 2 aliphatic rings. The van der Waals surface area contributed by atoms with Crippen molar-refractivity contribution in [2.24, 2.45) is 0 Å². The zero-order valence-corrected chi connectivity index (χ0v) is 28.8. The van der Waals surface area contributed by atoms with Gasteiger partial charge in [0.05, 0.1) is 28.0 Å². The summed E-state index contributed by atoms with van der Waals surface area (Å²) in [5, 5.41) is 1.64. The van der Waals surface area contributed by atoms with Gasteiger partial charge >= 0.3 is 10.1 Å². The molecule has 0 bridgehead atoms. The average Bonchev–Trinajstić information content (AvgIpc) is 3.46. The molecule has 2 aliphatic heterocycles. The van der Waals surface area contributed by atoms with E-state index in [1.165, 1.54) is 23.1 Å². The van der Waals surface area contributed by atoms with Crippen LogP contribution in [-0.4, -0.2) is 48.6 Å². The molecule has 2 aromatic carbocycles. The number of fused-ring (bicyclic) bond motifs is 3. The molecule has 2 aromatic heterocycles.